The molecule has 32 heavy (non-hydrogen) atoms. The van der Waals surface area contributed by atoms with E-state index in [1.165, 1.54) is 0 Å². The highest BCUT2D eigenvalue weighted by molar-refractivity contribution is 5.79. The minimum atomic E-state index is -0.281. The SMILES string of the molecule is O.O=C1CCC(Oc2ccccc2)CC1.c1ccc(OC2CCC3(CC2)OCCO3)cc1. The second kappa shape index (κ2) is 12.0. The first-order chi connectivity index (χ1) is 15.2. The van der Waals surface area contributed by atoms with E-state index in [9.17, 15) is 4.79 Å². The molecule has 1 saturated heterocycles. The molecule has 5 rings (SSSR count). The van der Waals surface area contributed by atoms with E-state index in [0.717, 1.165) is 63.2 Å². The van der Waals surface area contributed by atoms with Crippen LogP contribution in [0, 0.1) is 0 Å². The standard InChI is InChI=1S/C14H18O3.C12H14O2.H2O/c1-2-4-12(5-3-1)17-13-6-8-14(9-7-13)15-10-11-16-14;13-10-6-8-12(9-7-10)14-11-4-2-1-3-5-11;/h1-5,13H,6-11H2;1-5,12H,6-9H2;1H2. The quantitative estimate of drug-likeness (QED) is 0.696. The molecule has 1 heterocycles. The van der Waals surface area contributed by atoms with Crippen molar-refractivity contribution in [1.82, 2.24) is 0 Å². The van der Waals surface area contributed by atoms with Gasteiger partial charge >= 0.3 is 0 Å². The second-order valence-corrected chi connectivity index (χ2v) is 8.41. The number of hydrogen-bond donors (Lipinski definition) is 0. The highest BCUT2D eigenvalue weighted by Gasteiger charge is 2.40. The van der Waals surface area contributed by atoms with Crippen LogP contribution in [-0.2, 0) is 14.3 Å². The summed E-state index contributed by atoms with van der Waals surface area (Å²) < 4.78 is 23.1. The van der Waals surface area contributed by atoms with Gasteiger partial charge in [0.15, 0.2) is 5.79 Å². The summed E-state index contributed by atoms with van der Waals surface area (Å²) in [6, 6.07) is 19.8. The molecular weight excluding hydrogens is 408 g/mol. The molecule has 2 N–H and O–H groups in total. The average molecular weight is 443 g/mol. The fourth-order valence-corrected chi connectivity index (χ4v) is 4.35. The molecule has 0 unspecified atom stereocenters. The molecule has 6 heteroatoms. The summed E-state index contributed by atoms with van der Waals surface area (Å²) in [7, 11) is 0. The predicted molar refractivity (Wildman–Crippen MR) is 122 cm³/mol. The van der Waals surface area contributed by atoms with Crippen molar-refractivity contribution in [1.29, 1.82) is 0 Å². The number of benzene rings is 2. The molecule has 3 fully saturated rings. The van der Waals surface area contributed by atoms with Crippen LogP contribution in [0.1, 0.15) is 51.4 Å². The molecule has 0 radical (unpaired) electrons. The maximum Gasteiger partial charge on any atom is 0.168 e. The summed E-state index contributed by atoms with van der Waals surface area (Å²) in [5, 5.41) is 0. The van der Waals surface area contributed by atoms with Crippen LogP contribution >= 0.6 is 0 Å². The van der Waals surface area contributed by atoms with Crippen molar-refractivity contribution in [2.75, 3.05) is 13.2 Å². The van der Waals surface area contributed by atoms with Crippen LogP contribution in [0.3, 0.4) is 0 Å². The molecule has 2 aromatic rings. The van der Waals surface area contributed by atoms with Gasteiger partial charge in [0.2, 0.25) is 0 Å². The molecule has 0 amide bonds. The van der Waals surface area contributed by atoms with E-state index in [2.05, 4.69) is 0 Å². The van der Waals surface area contributed by atoms with Crippen molar-refractivity contribution in [3.63, 3.8) is 0 Å². The number of hydrogen-bond acceptors (Lipinski definition) is 5. The lowest BCUT2D eigenvalue weighted by Crippen LogP contribution is -2.38. The Morgan fingerprint density at radius 1 is 0.688 bits per heavy atom. The van der Waals surface area contributed by atoms with E-state index in [4.69, 9.17) is 18.9 Å². The van der Waals surface area contributed by atoms with Crippen molar-refractivity contribution < 1.29 is 29.2 Å². The number of para-hydroxylation sites is 2. The van der Waals surface area contributed by atoms with E-state index < -0.39 is 0 Å². The zero-order chi connectivity index (χ0) is 21.4. The molecule has 1 spiro atoms. The Labute approximate surface area is 190 Å². The third kappa shape index (κ3) is 7.05. The Hall–Kier alpha value is -2.41. The van der Waals surface area contributed by atoms with E-state index in [0.29, 0.717) is 24.7 Å². The zero-order valence-electron chi connectivity index (χ0n) is 18.5. The Morgan fingerprint density at radius 2 is 1.12 bits per heavy atom. The van der Waals surface area contributed by atoms with Gasteiger partial charge in [-0.05, 0) is 49.9 Å². The van der Waals surface area contributed by atoms with Crippen LogP contribution in [-0.4, -0.2) is 42.5 Å². The Kier molecular flexibility index (Phi) is 9.09. The highest BCUT2D eigenvalue weighted by Crippen LogP contribution is 2.37. The number of ether oxygens (including phenoxy) is 4. The monoisotopic (exact) mass is 442 g/mol. The molecule has 174 valence electrons. The highest BCUT2D eigenvalue weighted by atomic mass is 16.7. The molecule has 0 atom stereocenters. The predicted octanol–water partition coefficient (Wildman–Crippen LogP) is 4.50. The van der Waals surface area contributed by atoms with Crippen molar-refractivity contribution in [2.45, 2.75) is 69.4 Å². The number of rotatable bonds is 4. The third-order valence-electron chi connectivity index (χ3n) is 6.09. The minimum Gasteiger partial charge on any atom is -0.490 e. The van der Waals surface area contributed by atoms with E-state index >= 15 is 0 Å². The lowest BCUT2D eigenvalue weighted by molar-refractivity contribution is -0.186. The number of Topliss-reactive ketones (excluding diaryl/α,β-unsaturated/α-hetero) is 1. The third-order valence-corrected chi connectivity index (χ3v) is 6.09. The minimum absolute atomic E-state index is 0. The molecule has 0 bridgehead atoms. The summed E-state index contributed by atoms with van der Waals surface area (Å²) in [4.78, 5) is 11.0. The molecule has 2 aliphatic carbocycles. The van der Waals surface area contributed by atoms with Crippen molar-refractivity contribution in [3.8, 4) is 11.5 Å². The van der Waals surface area contributed by atoms with Gasteiger partial charge in [0.1, 0.15) is 17.3 Å². The molecule has 6 nitrogen and oxygen atoms in total. The molecule has 2 aromatic carbocycles. The van der Waals surface area contributed by atoms with Gasteiger partial charge in [0.05, 0.1) is 25.4 Å². The van der Waals surface area contributed by atoms with Crippen molar-refractivity contribution >= 4 is 5.78 Å². The lowest BCUT2D eigenvalue weighted by atomic mass is 9.92. The van der Waals surface area contributed by atoms with Gasteiger partial charge in [-0.15, -0.1) is 0 Å². The van der Waals surface area contributed by atoms with Crippen molar-refractivity contribution in [2.24, 2.45) is 0 Å². The average Bonchev–Trinajstić information content (AvgIpc) is 3.27. The maximum atomic E-state index is 11.0. The van der Waals surface area contributed by atoms with Crippen LogP contribution in [0.2, 0.25) is 0 Å². The van der Waals surface area contributed by atoms with Crippen LogP contribution in [0.4, 0.5) is 0 Å². The first kappa shape index (κ1) is 24.2. The summed E-state index contributed by atoms with van der Waals surface area (Å²) >= 11 is 0. The molecule has 3 aliphatic rings. The first-order valence-corrected chi connectivity index (χ1v) is 11.4. The van der Waals surface area contributed by atoms with Gasteiger partial charge in [0.25, 0.3) is 0 Å². The van der Waals surface area contributed by atoms with E-state index in [-0.39, 0.29) is 17.4 Å². The van der Waals surface area contributed by atoms with Gasteiger partial charge < -0.3 is 24.4 Å². The van der Waals surface area contributed by atoms with Crippen LogP contribution in [0.25, 0.3) is 0 Å². The number of carbonyl (C=O) groups excluding carboxylic acids is 1. The smallest absolute Gasteiger partial charge is 0.168 e. The Balaban J connectivity index is 0.000000178. The van der Waals surface area contributed by atoms with Crippen molar-refractivity contribution in [3.05, 3.63) is 60.7 Å². The molecule has 2 saturated carbocycles. The van der Waals surface area contributed by atoms with Crippen LogP contribution in [0.15, 0.2) is 60.7 Å². The fourth-order valence-electron chi connectivity index (χ4n) is 4.35. The van der Waals surface area contributed by atoms with Gasteiger partial charge in [0, 0.05) is 25.7 Å². The topological polar surface area (TPSA) is 85.5 Å². The van der Waals surface area contributed by atoms with E-state index in [1.54, 1.807) is 0 Å². The largest absolute Gasteiger partial charge is 0.490 e. The molecule has 0 aromatic heterocycles. The Bertz CT molecular complexity index is 784. The maximum absolute atomic E-state index is 11.0. The normalized spacial score (nSPS) is 20.7. The lowest BCUT2D eigenvalue weighted by Gasteiger charge is -2.35. The zero-order valence-corrected chi connectivity index (χ0v) is 18.5. The Morgan fingerprint density at radius 3 is 1.59 bits per heavy atom. The second-order valence-electron chi connectivity index (χ2n) is 8.41. The van der Waals surface area contributed by atoms with Gasteiger partial charge in [-0.2, -0.15) is 0 Å². The van der Waals surface area contributed by atoms with Gasteiger partial charge in [-0.25, -0.2) is 0 Å². The van der Waals surface area contributed by atoms with Crippen LogP contribution < -0.4 is 9.47 Å². The fraction of sp³-hybridized carbons (Fsp3) is 0.500. The summed E-state index contributed by atoms with van der Waals surface area (Å²) in [5.41, 5.74) is 0. The summed E-state index contributed by atoms with van der Waals surface area (Å²) in [6.45, 7) is 1.48. The summed E-state index contributed by atoms with van der Waals surface area (Å²) in [6.07, 6.45) is 7.54. The van der Waals surface area contributed by atoms with E-state index in [1.807, 2.05) is 60.7 Å². The molecule has 1 aliphatic heterocycles. The first-order valence-electron chi connectivity index (χ1n) is 11.4. The number of carbonyl (C=O) groups is 1. The molecular formula is C26H34O6. The summed E-state index contributed by atoms with van der Waals surface area (Å²) in [5.74, 6) is 1.96. The van der Waals surface area contributed by atoms with Gasteiger partial charge in [-0.3, -0.25) is 4.79 Å². The van der Waals surface area contributed by atoms with Gasteiger partial charge in [-0.1, -0.05) is 36.4 Å². The number of ketones is 1. The van der Waals surface area contributed by atoms with Crippen LogP contribution in [0.5, 0.6) is 11.5 Å².